The van der Waals surface area contributed by atoms with E-state index in [1.165, 1.54) is 5.56 Å². The SMILES string of the molecule is CCCc1cc(NC(C)Cc2ccccc2)ncn1. The highest BCUT2D eigenvalue weighted by Gasteiger charge is 2.05. The second-order valence-electron chi connectivity index (χ2n) is 4.88. The Morgan fingerprint density at radius 1 is 1.16 bits per heavy atom. The predicted molar refractivity (Wildman–Crippen MR) is 79.3 cm³/mol. The van der Waals surface area contributed by atoms with E-state index in [0.29, 0.717) is 6.04 Å². The van der Waals surface area contributed by atoms with Crippen molar-refractivity contribution in [1.29, 1.82) is 0 Å². The number of aryl methyl sites for hydroxylation is 1. The minimum Gasteiger partial charge on any atom is -0.367 e. The van der Waals surface area contributed by atoms with Crippen molar-refractivity contribution >= 4 is 5.82 Å². The van der Waals surface area contributed by atoms with Crippen molar-refractivity contribution < 1.29 is 0 Å². The van der Waals surface area contributed by atoms with Gasteiger partial charge in [0.05, 0.1) is 0 Å². The van der Waals surface area contributed by atoms with Crippen LogP contribution in [0.3, 0.4) is 0 Å². The van der Waals surface area contributed by atoms with Crippen molar-refractivity contribution in [2.24, 2.45) is 0 Å². The van der Waals surface area contributed by atoms with Gasteiger partial charge in [0, 0.05) is 17.8 Å². The predicted octanol–water partition coefficient (Wildman–Crippen LogP) is 3.47. The van der Waals surface area contributed by atoms with Gasteiger partial charge in [-0.25, -0.2) is 9.97 Å². The second kappa shape index (κ2) is 6.88. The van der Waals surface area contributed by atoms with Gasteiger partial charge in [-0.2, -0.15) is 0 Å². The number of nitrogens with one attached hydrogen (secondary N) is 1. The molecule has 2 aromatic rings. The minimum atomic E-state index is 0.353. The van der Waals surface area contributed by atoms with Gasteiger partial charge < -0.3 is 5.32 Å². The second-order valence-corrected chi connectivity index (χ2v) is 4.88. The average Bonchev–Trinajstić information content (AvgIpc) is 2.40. The monoisotopic (exact) mass is 255 g/mol. The van der Waals surface area contributed by atoms with Crippen LogP contribution in [0.4, 0.5) is 5.82 Å². The third-order valence-electron chi connectivity index (χ3n) is 3.01. The first-order valence-electron chi connectivity index (χ1n) is 6.89. The van der Waals surface area contributed by atoms with Crippen LogP contribution in [0.25, 0.3) is 0 Å². The van der Waals surface area contributed by atoms with Crippen LogP contribution in [-0.2, 0) is 12.8 Å². The van der Waals surface area contributed by atoms with Gasteiger partial charge in [-0.05, 0) is 25.3 Å². The lowest BCUT2D eigenvalue weighted by Crippen LogP contribution is -2.19. The Kier molecular flexibility index (Phi) is 4.90. The molecule has 0 fully saturated rings. The molecular formula is C16H21N3. The zero-order valence-corrected chi connectivity index (χ0v) is 11.6. The lowest BCUT2D eigenvalue weighted by Gasteiger charge is -2.14. The number of anilines is 1. The molecule has 0 aliphatic carbocycles. The van der Waals surface area contributed by atoms with E-state index in [9.17, 15) is 0 Å². The van der Waals surface area contributed by atoms with Gasteiger partial charge in [0.1, 0.15) is 12.1 Å². The molecular weight excluding hydrogens is 234 g/mol. The van der Waals surface area contributed by atoms with Crippen LogP contribution in [0, 0.1) is 0 Å². The fourth-order valence-electron chi connectivity index (χ4n) is 2.14. The molecule has 3 heteroatoms. The molecule has 0 aliphatic rings. The van der Waals surface area contributed by atoms with Crippen molar-refractivity contribution in [3.05, 3.63) is 54.0 Å². The topological polar surface area (TPSA) is 37.8 Å². The summed E-state index contributed by atoms with van der Waals surface area (Å²) in [5, 5.41) is 3.44. The zero-order chi connectivity index (χ0) is 13.5. The number of rotatable bonds is 6. The molecule has 0 amide bonds. The van der Waals surface area contributed by atoms with Crippen LogP contribution in [0.5, 0.6) is 0 Å². The maximum absolute atomic E-state index is 4.28. The fraction of sp³-hybridized carbons (Fsp3) is 0.375. The van der Waals surface area contributed by atoms with E-state index in [1.54, 1.807) is 6.33 Å². The summed E-state index contributed by atoms with van der Waals surface area (Å²) in [6, 6.07) is 12.9. The molecule has 1 aromatic carbocycles. The Labute approximate surface area is 115 Å². The first-order chi connectivity index (χ1) is 9.28. The number of hydrogen-bond acceptors (Lipinski definition) is 3. The Morgan fingerprint density at radius 3 is 2.68 bits per heavy atom. The van der Waals surface area contributed by atoms with Crippen molar-refractivity contribution in [1.82, 2.24) is 9.97 Å². The van der Waals surface area contributed by atoms with Gasteiger partial charge in [-0.1, -0.05) is 43.7 Å². The van der Waals surface area contributed by atoms with Crippen molar-refractivity contribution in [2.75, 3.05) is 5.32 Å². The third-order valence-corrected chi connectivity index (χ3v) is 3.01. The Balaban J connectivity index is 1.95. The van der Waals surface area contributed by atoms with E-state index in [1.807, 2.05) is 12.1 Å². The fourth-order valence-corrected chi connectivity index (χ4v) is 2.14. The highest BCUT2D eigenvalue weighted by Crippen LogP contribution is 2.10. The molecule has 1 unspecified atom stereocenters. The summed E-state index contributed by atoms with van der Waals surface area (Å²) in [5.41, 5.74) is 2.44. The van der Waals surface area contributed by atoms with Gasteiger partial charge in [0.15, 0.2) is 0 Å². The molecule has 1 atom stereocenters. The van der Waals surface area contributed by atoms with Crippen molar-refractivity contribution in [3.63, 3.8) is 0 Å². The molecule has 2 rings (SSSR count). The molecule has 0 saturated carbocycles. The molecule has 0 aliphatic heterocycles. The standard InChI is InChI=1S/C16H21N3/c1-3-7-15-11-16(18-12-17-15)19-13(2)10-14-8-5-4-6-9-14/h4-6,8-9,11-13H,3,7,10H2,1-2H3,(H,17,18,19). The highest BCUT2D eigenvalue weighted by molar-refractivity contribution is 5.36. The first kappa shape index (κ1) is 13.5. The molecule has 19 heavy (non-hydrogen) atoms. The molecule has 1 heterocycles. The zero-order valence-electron chi connectivity index (χ0n) is 11.6. The van der Waals surface area contributed by atoms with Crippen LogP contribution in [-0.4, -0.2) is 16.0 Å². The van der Waals surface area contributed by atoms with E-state index in [4.69, 9.17) is 0 Å². The van der Waals surface area contributed by atoms with Gasteiger partial charge in [-0.15, -0.1) is 0 Å². The average molecular weight is 255 g/mol. The Hall–Kier alpha value is -1.90. The van der Waals surface area contributed by atoms with Crippen molar-refractivity contribution in [2.45, 2.75) is 39.2 Å². The van der Waals surface area contributed by atoms with E-state index in [-0.39, 0.29) is 0 Å². The summed E-state index contributed by atoms with van der Waals surface area (Å²) < 4.78 is 0. The smallest absolute Gasteiger partial charge is 0.129 e. The number of aromatic nitrogens is 2. The lowest BCUT2D eigenvalue weighted by atomic mass is 10.1. The molecule has 0 saturated heterocycles. The molecule has 100 valence electrons. The normalized spacial score (nSPS) is 12.1. The number of hydrogen-bond donors (Lipinski definition) is 1. The summed E-state index contributed by atoms with van der Waals surface area (Å²) in [4.78, 5) is 8.55. The molecule has 3 nitrogen and oxygen atoms in total. The summed E-state index contributed by atoms with van der Waals surface area (Å²) in [5.74, 6) is 0.918. The highest BCUT2D eigenvalue weighted by atomic mass is 15.0. The maximum Gasteiger partial charge on any atom is 0.129 e. The lowest BCUT2D eigenvalue weighted by molar-refractivity contribution is 0.780. The number of benzene rings is 1. The van der Waals surface area contributed by atoms with E-state index >= 15 is 0 Å². The first-order valence-corrected chi connectivity index (χ1v) is 6.89. The largest absolute Gasteiger partial charge is 0.367 e. The van der Waals surface area contributed by atoms with Crippen molar-refractivity contribution in [3.8, 4) is 0 Å². The summed E-state index contributed by atoms with van der Waals surface area (Å²) in [7, 11) is 0. The van der Waals surface area contributed by atoms with Crippen LogP contribution >= 0.6 is 0 Å². The summed E-state index contributed by atoms with van der Waals surface area (Å²) >= 11 is 0. The minimum absolute atomic E-state index is 0.353. The van der Waals surface area contributed by atoms with Gasteiger partial charge >= 0.3 is 0 Å². The van der Waals surface area contributed by atoms with Gasteiger partial charge in [-0.3, -0.25) is 0 Å². The number of nitrogens with zero attached hydrogens (tertiary/aromatic N) is 2. The van der Waals surface area contributed by atoms with E-state index in [0.717, 1.165) is 30.8 Å². The molecule has 0 spiro atoms. The van der Waals surface area contributed by atoms with Crippen LogP contribution in [0.1, 0.15) is 31.5 Å². The maximum atomic E-state index is 4.28. The molecule has 1 aromatic heterocycles. The van der Waals surface area contributed by atoms with Gasteiger partial charge in [0.2, 0.25) is 0 Å². The quantitative estimate of drug-likeness (QED) is 0.858. The van der Waals surface area contributed by atoms with Gasteiger partial charge in [0.25, 0.3) is 0 Å². The van der Waals surface area contributed by atoms with E-state index in [2.05, 4.69) is 53.4 Å². The van der Waals surface area contributed by atoms with Crippen LogP contribution < -0.4 is 5.32 Å². The molecule has 0 radical (unpaired) electrons. The van der Waals surface area contributed by atoms with E-state index < -0.39 is 0 Å². The Morgan fingerprint density at radius 2 is 1.95 bits per heavy atom. The van der Waals surface area contributed by atoms with Crippen LogP contribution in [0.2, 0.25) is 0 Å². The Bertz CT molecular complexity index is 496. The molecule has 1 N–H and O–H groups in total. The third kappa shape index (κ3) is 4.36. The summed E-state index contributed by atoms with van der Waals surface area (Å²) in [6.45, 7) is 4.34. The van der Waals surface area contributed by atoms with Crippen LogP contribution in [0.15, 0.2) is 42.7 Å². The summed E-state index contributed by atoms with van der Waals surface area (Å²) in [6.07, 6.45) is 4.75. The molecule has 0 bridgehead atoms.